The number of hydrogen-bond donors (Lipinski definition) is 0. The van der Waals surface area contributed by atoms with Crippen LogP contribution in [0.4, 0.5) is 0 Å². The van der Waals surface area contributed by atoms with Crippen LogP contribution in [-0.2, 0) is 0 Å². The molecule has 0 aromatic heterocycles. The molecule has 0 aromatic carbocycles. The van der Waals surface area contributed by atoms with E-state index in [2.05, 4.69) is 0 Å². The third-order valence-corrected chi connectivity index (χ3v) is 4.76. The second-order valence-electron chi connectivity index (χ2n) is 3.28. The van der Waals surface area contributed by atoms with Crippen LogP contribution in [0.3, 0.4) is 0 Å². The van der Waals surface area contributed by atoms with E-state index in [1.54, 1.807) is 25.7 Å². The Morgan fingerprint density at radius 1 is 1.12 bits per heavy atom. The van der Waals surface area contributed by atoms with Gasteiger partial charge < -0.3 is 0 Å². The van der Waals surface area contributed by atoms with Gasteiger partial charge in [-0.05, 0) is 0 Å². The molecule has 43 valence electrons. The van der Waals surface area contributed by atoms with E-state index in [-0.39, 0.29) is 0 Å². The van der Waals surface area contributed by atoms with Crippen molar-refractivity contribution in [3.05, 3.63) is 0 Å². The normalized spacial score (nSPS) is 52.9. The summed E-state index contributed by atoms with van der Waals surface area (Å²) in [6.45, 7) is 0. The molecule has 0 aliphatic heterocycles. The molecule has 2 saturated carbocycles. The fourth-order valence-corrected chi connectivity index (χ4v) is 4.06. The van der Waals surface area contributed by atoms with Gasteiger partial charge in [0.25, 0.3) is 0 Å². The Bertz CT molecular complexity index is 98.6. The van der Waals surface area contributed by atoms with Crippen LogP contribution < -0.4 is 0 Å². The first-order valence-corrected chi connectivity index (χ1v) is 5.22. The molecule has 0 saturated heterocycles. The van der Waals surface area contributed by atoms with Crippen molar-refractivity contribution in [3.63, 3.8) is 0 Å². The number of hydrogen-bond acceptors (Lipinski definition) is 0. The molecule has 2 aliphatic carbocycles. The summed E-state index contributed by atoms with van der Waals surface area (Å²) < 4.78 is 1.17. The third kappa shape index (κ3) is 0.722. The Morgan fingerprint density at radius 3 is 2.25 bits per heavy atom. The van der Waals surface area contributed by atoms with Gasteiger partial charge in [-0.15, -0.1) is 0 Å². The van der Waals surface area contributed by atoms with Crippen molar-refractivity contribution >= 4 is 22.5 Å². The summed E-state index contributed by atoms with van der Waals surface area (Å²) in [5.41, 5.74) is 0. The summed E-state index contributed by atoms with van der Waals surface area (Å²) in [6.07, 6.45) is 6.31. The van der Waals surface area contributed by atoms with E-state index in [1.165, 1.54) is 15.8 Å². The first-order chi connectivity index (χ1) is 3.86. The van der Waals surface area contributed by atoms with Crippen LogP contribution >= 0.6 is 0 Å². The summed E-state index contributed by atoms with van der Waals surface area (Å²) in [5, 5.41) is 0. The first-order valence-electron chi connectivity index (χ1n) is 3.57. The molecule has 0 N–H and O–H groups in total. The average molecular weight is 214 g/mol. The van der Waals surface area contributed by atoms with Gasteiger partial charge in [-0.2, -0.15) is 0 Å². The van der Waals surface area contributed by atoms with E-state index in [1.807, 2.05) is 22.5 Å². The standard InChI is InChI=1S/C7H11.Sn/c1-2-7-4-3-6(1)5-7;/h1,6-7H,2-5H2;. The Labute approximate surface area is 64.1 Å². The van der Waals surface area contributed by atoms with E-state index in [4.69, 9.17) is 0 Å². The molecule has 8 heavy (non-hydrogen) atoms. The summed E-state index contributed by atoms with van der Waals surface area (Å²) in [5.74, 6) is 2.35. The third-order valence-electron chi connectivity index (χ3n) is 2.74. The summed E-state index contributed by atoms with van der Waals surface area (Å²) in [4.78, 5) is 0. The van der Waals surface area contributed by atoms with Crippen LogP contribution in [-0.4, -0.2) is 22.5 Å². The molecule has 2 bridgehead atoms. The molecule has 3 atom stereocenters. The number of fused-ring (bicyclic) bond motifs is 2. The van der Waals surface area contributed by atoms with E-state index in [9.17, 15) is 0 Å². The van der Waals surface area contributed by atoms with E-state index >= 15 is 0 Å². The van der Waals surface area contributed by atoms with Crippen molar-refractivity contribution in [1.82, 2.24) is 0 Å². The average Bonchev–Trinajstić information content (AvgIpc) is 2.23. The summed E-state index contributed by atoms with van der Waals surface area (Å²) in [6, 6.07) is 0. The second-order valence-corrected chi connectivity index (χ2v) is 5.40. The Kier molecular flexibility index (Phi) is 1.32. The predicted molar refractivity (Wildman–Crippen MR) is 35.0 cm³/mol. The molecular weight excluding hydrogens is 203 g/mol. The van der Waals surface area contributed by atoms with E-state index in [0.29, 0.717) is 0 Å². The van der Waals surface area contributed by atoms with E-state index in [0.717, 1.165) is 0 Å². The van der Waals surface area contributed by atoms with Crippen molar-refractivity contribution in [2.24, 2.45) is 11.8 Å². The fourth-order valence-electron chi connectivity index (χ4n) is 2.24. The second kappa shape index (κ2) is 1.89. The topological polar surface area (TPSA) is 0 Å². The Balaban J connectivity index is 2.11. The minimum absolute atomic E-state index is 1.17. The molecule has 2 rings (SSSR count). The van der Waals surface area contributed by atoms with Crippen LogP contribution in [0.15, 0.2) is 0 Å². The Morgan fingerprint density at radius 2 is 2.00 bits per heavy atom. The zero-order valence-corrected chi connectivity index (χ0v) is 7.91. The molecule has 0 nitrogen and oxygen atoms in total. The first kappa shape index (κ1) is 5.57. The SMILES string of the molecule is [Sn][CH]1CC2CCC1C2. The molecule has 0 amide bonds. The quantitative estimate of drug-likeness (QED) is 0.539. The molecule has 1 heteroatoms. The molecule has 0 heterocycles. The molecule has 3 unspecified atom stereocenters. The molecule has 2 fully saturated rings. The summed E-state index contributed by atoms with van der Waals surface area (Å²) in [7, 11) is 0. The van der Waals surface area contributed by atoms with Gasteiger partial charge in [0.2, 0.25) is 0 Å². The maximum atomic E-state index is 1.81. The molecule has 0 spiro atoms. The monoisotopic (exact) mass is 215 g/mol. The van der Waals surface area contributed by atoms with Gasteiger partial charge in [0, 0.05) is 0 Å². The maximum absolute atomic E-state index is 1.81. The van der Waals surface area contributed by atoms with Gasteiger partial charge in [-0.25, -0.2) is 0 Å². The van der Waals surface area contributed by atoms with Gasteiger partial charge in [0.1, 0.15) is 0 Å². The van der Waals surface area contributed by atoms with Crippen LogP contribution in [0.25, 0.3) is 0 Å². The van der Waals surface area contributed by atoms with Crippen molar-refractivity contribution in [2.45, 2.75) is 29.6 Å². The minimum atomic E-state index is 1.17. The van der Waals surface area contributed by atoms with Crippen molar-refractivity contribution in [3.8, 4) is 0 Å². The molecule has 2 aliphatic rings. The summed E-state index contributed by atoms with van der Waals surface area (Å²) >= 11 is 1.81. The van der Waals surface area contributed by atoms with Crippen LogP contribution in [0.2, 0.25) is 3.93 Å². The van der Waals surface area contributed by atoms with Gasteiger partial charge in [0.15, 0.2) is 0 Å². The van der Waals surface area contributed by atoms with Crippen molar-refractivity contribution in [2.75, 3.05) is 0 Å². The van der Waals surface area contributed by atoms with Crippen LogP contribution in [0.1, 0.15) is 25.7 Å². The van der Waals surface area contributed by atoms with Gasteiger partial charge in [-0.1, -0.05) is 0 Å². The number of rotatable bonds is 0. The van der Waals surface area contributed by atoms with Gasteiger partial charge in [0.05, 0.1) is 0 Å². The van der Waals surface area contributed by atoms with Crippen molar-refractivity contribution in [1.29, 1.82) is 0 Å². The molecule has 0 aromatic rings. The predicted octanol–water partition coefficient (Wildman–Crippen LogP) is 1.76. The van der Waals surface area contributed by atoms with Gasteiger partial charge >= 0.3 is 64.0 Å². The fraction of sp³-hybridized carbons (Fsp3) is 1.00. The molecule has 3 radical (unpaired) electrons. The Hall–Kier alpha value is 0.799. The van der Waals surface area contributed by atoms with Crippen LogP contribution in [0, 0.1) is 11.8 Å². The van der Waals surface area contributed by atoms with Crippen molar-refractivity contribution < 1.29 is 0 Å². The molecular formula is C7H11Sn. The van der Waals surface area contributed by atoms with E-state index < -0.39 is 0 Å². The zero-order chi connectivity index (χ0) is 5.56. The van der Waals surface area contributed by atoms with Crippen LogP contribution in [0.5, 0.6) is 0 Å². The zero-order valence-electron chi connectivity index (χ0n) is 5.06. The van der Waals surface area contributed by atoms with Gasteiger partial charge in [-0.3, -0.25) is 0 Å².